The third kappa shape index (κ3) is 3.30. The Balaban J connectivity index is 2.85. The normalized spacial score (nSPS) is 11.4. The van der Waals surface area contributed by atoms with Gasteiger partial charge in [-0.15, -0.1) is 0 Å². The molecule has 3 nitrogen and oxygen atoms in total. The van der Waals surface area contributed by atoms with E-state index in [2.05, 4.69) is 10.6 Å². The van der Waals surface area contributed by atoms with Gasteiger partial charge >= 0.3 is 0 Å². The van der Waals surface area contributed by atoms with Gasteiger partial charge in [0.25, 0.3) is 0 Å². The SMILES string of the molecule is CNCC(C)(C)C(=O)Nc1cccc(C)c1C. The van der Waals surface area contributed by atoms with E-state index in [1.807, 2.05) is 52.9 Å². The maximum absolute atomic E-state index is 12.1. The molecule has 0 bridgehead atoms. The van der Waals surface area contributed by atoms with Gasteiger partial charge in [0, 0.05) is 12.2 Å². The van der Waals surface area contributed by atoms with Gasteiger partial charge in [-0.25, -0.2) is 0 Å². The lowest BCUT2D eigenvalue weighted by molar-refractivity contribution is -0.123. The molecule has 0 saturated heterocycles. The van der Waals surface area contributed by atoms with Gasteiger partial charge in [0.2, 0.25) is 5.91 Å². The van der Waals surface area contributed by atoms with E-state index < -0.39 is 5.41 Å². The minimum Gasteiger partial charge on any atom is -0.325 e. The zero-order chi connectivity index (χ0) is 13.1. The molecular weight excluding hydrogens is 212 g/mol. The van der Waals surface area contributed by atoms with Crippen molar-refractivity contribution in [1.82, 2.24) is 5.32 Å². The quantitative estimate of drug-likeness (QED) is 0.840. The van der Waals surface area contributed by atoms with Crippen LogP contribution in [-0.2, 0) is 4.79 Å². The Morgan fingerprint density at radius 3 is 2.53 bits per heavy atom. The molecule has 0 aliphatic heterocycles. The van der Waals surface area contributed by atoms with E-state index in [0.29, 0.717) is 6.54 Å². The van der Waals surface area contributed by atoms with Crippen molar-refractivity contribution in [3.8, 4) is 0 Å². The van der Waals surface area contributed by atoms with Crippen LogP contribution in [-0.4, -0.2) is 19.5 Å². The fraction of sp³-hybridized carbons (Fsp3) is 0.500. The summed E-state index contributed by atoms with van der Waals surface area (Å²) in [6.45, 7) is 8.59. The van der Waals surface area contributed by atoms with Crippen LogP contribution < -0.4 is 10.6 Å². The Kier molecular flexibility index (Phi) is 4.29. The number of carbonyl (C=O) groups is 1. The second-order valence-corrected chi connectivity index (χ2v) is 5.12. The molecule has 0 atom stereocenters. The molecule has 1 aromatic carbocycles. The highest BCUT2D eigenvalue weighted by Gasteiger charge is 2.27. The summed E-state index contributed by atoms with van der Waals surface area (Å²) < 4.78 is 0. The fourth-order valence-electron chi connectivity index (χ4n) is 1.70. The lowest BCUT2D eigenvalue weighted by Crippen LogP contribution is -2.38. The topological polar surface area (TPSA) is 41.1 Å². The lowest BCUT2D eigenvalue weighted by Gasteiger charge is -2.23. The average Bonchev–Trinajstić information content (AvgIpc) is 2.24. The molecule has 0 unspecified atom stereocenters. The van der Waals surface area contributed by atoms with Crippen molar-refractivity contribution >= 4 is 11.6 Å². The summed E-state index contributed by atoms with van der Waals surface area (Å²) in [4.78, 5) is 12.1. The van der Waals surface area contributed by atoms with Crippen molar-refractivity contribution in [2.45, 2.75) is 27.7 Å². The zero-order valence-corrected chi connectivity index (χ0v) is 11.3. The minimum absolute atomic E-state index is 0.0422. The summed E-state index contributed by atoms with van der Waals surface area (Å²) in [5.74, 6) is 0.0422. The number of benzene rings is 1. The van der Waals surface area contributed by atoms with Crippen LogP contribution in [0.2, 0.25) is 0 Å². The van der Waals surface area contributed by atoms with E-state index in [1.54, 1.807) is 0 Å². The van der Waals surface area contributed by atoms with Gasteiger partial charge in [-0.3, -0.25) is 4.79 Å². The number of aryl methyl sites for hydroxylation is 1. The Morgan fingerprint density at radius 2 is 1.94 bits per heavy atom. The molecule has 1 amide bonds. The highest BCUT2D eigenvalue weighted by molar-refractivity contribution is 5.95. The van der Waals surface area contributed by atoms with Gasteiger partial charge in [-0.05, 0) is 51.9 Å². The van der Waals surface area contributed by atoms with Gasteiger partial charge in [0.1, 0.15) is 0 Å². The zero-order valence-electron chi connectivity index (χ0n) is 11.3. The Hall–Kier alpha value is -1.35. The van der Waals surface area contributed by atoms with Gasteiger partial charge in [0.15, 0.2) is 0 Å². The number of anilines is 1. The standard InChI is InChI=1S/C14H22N2O/c1-10-7-6-8-12(11(10)2)16-13(17)14(3,4)9-15-5/h6-8,15H,9H2,1-5H3,(H,16,17). The van der Waals surface area contributed by atoms with Crippen LogP contribution in [0.25, 0.3) is 0 Å². The molecule has 0 aromatic heterocycles. The highest BCUT2D eigenvalue weighted by Crippen LogP contribution is 2.22. The average molecular weight is 234 g/mol. The Labute approximate surface area is 104 Å². The summed E-state index contributed by atoms with van der Waals surface area (Å²) >= 11 is 0. The maximum Gasteiger partial charge on any atom is 0.231 e. The third-order valence-electron chi connectivity index (χ3n) is 3.09. The van der Waals surface area contributed by atoms with Crippen LogP contribution in [0.5, 0.6) is 0 Å². The maximum atomic E-state index is 12.1. The Bertz CT molecular complexity index is 411. The van der Waals surface area contributed by atoms with Crippen LogP contribution in [0, 0.1) is 19.3 Å². The molecule has 2 N–H and O–H groups in total. The molecule has 0 radical (unpaired) electrons. The lowest BCUT2D eigenvalue weighted by atomic mass is 9.92. The van der Waals surface area contributed by atoms with Crippen LogP contribution in [0.15, 0.2) is 18.2 Å². The molecule has 3 heteroatoms. The number of hydrogen-bond donors (Lipinski definition) is 2. The Morgan fingerprint density at radius 1 is 1.29 bits per heavy atom. The minimum atomic E-state index is -0.412. The number of nitrogens with one attached hydrogen (secondary N) is 2. The van der Waals surface area contributed by atoms with Crippen molar-refractivity contribution in [3.05, 3.63) is 29.3 Å². The van der Waals surface area contributed by atoms with Gasteiger partial charge in [0.05, 0.1) is 5.41 Å². The van der Waals surface area contributed by atoms with Crippen molar-refractivity contribution in [3.63, 3.8) is 0 Å². The molecule has 0 aliphatic carbocycles. The fourth-order valence-corrected chi connectivity index (χ4v) is 1.70. The molecule has 0 saturated carbocycles. The molecule has 17 heavy (non-hydrogen) atoms. The number of hydrogen-bond acceptors (Lipinski definition) is 2. The van der Waals surface area contributed by atoms with Crippen molar-refractivity contribution in [2.24, 2.45) is 5.41 Å². The van der Waals surface area contributed by atoms with Crippen LogP contribution in [0.4, 0.5) is 5.69 Å². The predicted molar refractivity (Wildman–Crippen MR) is 72.3 cm³/mol. The first-order chi connectivity index (χ1) is 7.88. The molecule has 0 heterocycles. The van der Waals surface area contributed by atoms with Gasteiger partial charge in [-0.1, -0.05) is 12.1 Å². The van der Waals surface area contributed by atoms with E-state index in [1.165, 1.54) is 5.56 Å². The largest absolute Gasteiger partial charge is 0.325 e. The monoisotopic (exact) mass is 234 g/mol. The van der Waals surface area contributed by atoms with Crippen LogP contribution >= 0.6 is 0 Å². The predicted octanol–water partition coefficient (Wildman–Crippen LogP) is 2.49. The molecule has 0 spiro atoms. The second kappa shape index (κ2) is 5.32. The number of amides is 1. The first-order valence-electron chi connectivity index (χ1n) is 5.91. The van der Waals surface area contributed by atoms with Crippen LogP contribution in [0.1, 0.15) is 25.0 Å². The molecule has 94 valence electrons. The summed E-state index contributed by atoms with van der Waals surface area (Å²) in [6.07, 6.45) is 0. The van der Waals surface area contributed by atoms with E-state index in [-0.39, 0.29) is 5.91 Å². The van der Waals surface area contributed by atoms with E-state index in [9.17, 15) is 4.79 Å². The van der Waals surface area contributed by atoms with Crippen molar-refractivity contribution in [2.75, 3.05) is 18.9 Å². The smallest absolute Gasteiger partial charge is 0.231 e. The summed E-state index contributed by atoms with van der Waals surface area (Å²) in [7, 11) is 1.85. The summed E-state index contributed by atoms with van der Waals surface area (Å²) in [6, 6.07) is 5.95. The first-order valence-corrected chi connectivity index (χ1v) is 5.91. The first kappa shape index (κ1) is 13.7. The molecule has 1 rings (SSSR count). The van der Waals surface area contributed by atoms with Gasteiger partial charge < -0.3 is 10.6 Å². The van der Waals surface area contributed by atoms with E-state index in [4.69, 9.17) is 0 Å². The number of rotatable bonds is 4. The highest BCUT2D eigenvalue weighted by atomic mass is 16.2. The molecular formula is C14H22N2O. The van der Waals surface area contributed by atoms with Gasteiger partial charge in [-0.2, -0.15) is 0 Å². The summed E-state index contributed by atoms with van der Waals surface area (Å²) in [5.41, 5.74) is 2.81. The molecule has 0 aliphatic rings. The molecule has 0 fully saturated rings. The van der Waals surface area contributed by atoms with E-state index >= 15 is 0 Å². The number of carbonyl (C=O) groups excluding carboxylic acids is 1. The molecule has 1 aromatic rings. The van der Waals surface area contributed by atoms with Crippen molar-refractivity contribution < 1.29 is 4.79 Å². The van der Waals surface area contributed by atoms with E-state index in [0.717, 1.165) is 11.3 Å². The van der Waals surface area contributed by atoms with Crippen molar-refractivity contribution in [1.29, 1.82) is 0 Å². The summed E-state index contributed by atoms with van der Waals surface area (Å²) in [5, 5.41) is 6.04. The second-order valence-electron chi connectivity index (χ2n) is 5.12. The van der Waals surface area contributed by atoms with Crippen LogP contribution in [0.3, 0.4) is 0 Å². The third-order valence-corrected chi connectivity index (χ3v) is 3.09.